The van der Waals surface area contributed by atoms with E-state index >= 15 is 0 Å². The maximum atomic E-state index is 12.5. The van der Waals surface area contributed by atoms with Crippen LogP contribution in [0.4, 0.5) is 15.6 Å². The Morgan fingerprint density at radius 3 is 2.52 bits per heavy atom. The van der Waals surface area contributed by atoms with Crippen molar-refractivity contribution in [1.29, 1.82) is 0 Å². The van der Waals surface area contributed by atoms with Gasteiger partial charge in [-0.1, -0.05) is 18.2 Å². The summed E-state index contributed by atoms with van der Waals surface area (Å²) in [6, 6.07) is 12.9. The number of hydrogen-bond donors (Lipinski definition) is 2. The van der Waals surface area contributed by atoms with Crippen LogP contribution in [0.5, 0.6) is 0 Å². The number of benzene rings is 1. The molecule has 0 spiro atoms. The molecule has 0 atom stereocenters. The van der Waals surface area contributed by atoms with Gasteiger partial charge >= 0.3 is 6.09 Å². The van der Waals surface area contributed by atoms with Crippen LogP contribution >= 0.6 is 11.3 Å². The van der Waals surface area contributed by atoms with Crippen molar-refractivity contribution < 1.29 is 14.3 Å². The molecule has 3 heterocycles. The highest BCUT2D eigenvalue weighted by molar-refractivity contribution is 7.14. The third-order valence-corrected chi connectivity index (χ3v) is 4.88. The third kappa shape index (κ3) is 5.07. The van der Waals surface area contributed by atoms with E-state index in [4.69, 9.17) is 4.74 Å². The van der Waals surface area contributed by atoms with E-state index in [1.165, 1.54) is 11.3 Å². The number of ether oxygens (including phenoxy) is 1. The van der Waals surface area contributed by atoms with E-state index in [2.05, 4.69) is 20.6 Å². The summed E-state index contributed by atoms with van der Waals surface area (Å²) in [6.45, 7) is 5.40. The predicted octanol–water partition coefficient (Wildman–Crippen LogP) is 5.06. The number of nitrogens with one attached hydrogen (secondary N) is 2. The van der Waals surface area contributed by atoms with Crippen LogP contribution < -0.4 is 10.6 Å². The van der Waals surface area contributed by atoms with Gasteiger partial charge in [0.05, 0.1) is 5.69 Å². The van der Waals surface area contributed by atoms with Crippen molar-refractivity contribution in [2.45, 2.75) is 26.4 Å². The number of fused-ring (bicyclic) bond motifs is 1. The van der Waals surface area contributed by atoms with E-state index in [9.17, 15) is 9.59 Å². The number of hydrogen-bond acceptors (Lipinski definition) is 6. The minimum Gasteiger partial charge on any atom is -0.444 e. The first-order valence-electron chi connectivity index (χ1n) is 9.58. The Hall–Kier alpha value is -3.72. The van der Waals surface area contributed by atoms with Crippen LogP contribution in [-0.2, 0) is 4.74 Å². The number of rotatable bonds is 4. The maximum Gasteiger partial charge on any atom is 0.413 e. The highest BCUT2D eigenvalue weighted by Crippen LogP contribution is 2.26. The maximum absolute atomic E-state index is 12.5. The summed E-state index contributed by atoms with van der Waals surface area (Å²) in [5.74, 6) is -0.283. The van der Waals surface area contributed by atoms with Crippen LogP contribution in [0.15, 0.2) is 60.2 Å². The van der Waals surface area contributed by atoms with Crippen molar-refractivity contribution in [1.82, 2.24) is 14.4 Å². The fourth-order valence-electron chi connectivity index (χ4n) is 2.82. The number of imidazole rings is 1. The molecule has 0 saturated carbocycles. The second-order valence-corrected chi connectivity index (χ2v) is 8.65. The lowest BCUT2D eigenvalue weighted by molar-refractivity contribution is 0.0635. The molecule has 9 heteroatoms. The molecule has 2 amide bonds. The van der Waals surface area contributed by atoms with Crippen molar-refractivity contribution in [3.8, 4) is 11.3 Å². The summed E-state index contributed by atoms with van der Waals surface area (Å²) in [4.78, 5) is 33.3. The van der Waals surface area contributed by atoms with Gasteiger partial charge in [0.1, 0.15) is 16.9 Å². The molecule has 4 aromatic rings. The summed E-state index contributed by atoms with van der Waals surface area (Å²) in [5, 5.41) is 7.75. The van der Waals surface area contributed by atoms with Crippen LogP contribution in [0.3, 0.4) is 0 Å². The number of carbonyl (C=O) groups excluding carboxylic acids is 2. The molecule has 31 heavy (non-hydrogen) atoms. The molecular weight excluding hydrogens is 414 g/mol. The fourth-order valence-corrected chi connectivity index (χ4v) is 3.53. The molecule has 8 nitrogen and oxygen atoms in total. The third-order valence-electron chi connectivity index (χ3n) is 4.12. The van der Waals surface area contributed by atoms with Gasteiger partial charge in [-0.05, 0) is 45.0 Å². The first-order valence-corrected chi connectivity index (χ1v) is 10.5. The molecule has 0 unspecified atom stereocenters. The zero-order valence-corrected chi connectivity index (χ0v) is 18.1. The van der Waals surface area contributed by atoms with E-state index in [1.54, 1.807) is 31.4 Å². The number of nitrogens with zero attached hydrogens (tertiary/aromatic N) is 3. The largest absolute Gasteiger partial charge is 0.444 e. The second-order valence-electron chi connectivity index (χ2n) is 7.79. The minimum absolute atomic E-state index is 0.283. The SMILES string of the molecule is CC(C)(C)OC(=O)Nc1nc(-c2ccc3nc(C(=O)Nc4ccccc4)cn3c2)cs1. The molecule has 0 saturated heterocycles. The lowest BCUT2D eigenvalue weighted by atomic mass is 10.2. The van der Waals surface area contributed by atoms with Gasteiger partial charge in [-0.25, -0.2) is 14.8 Å². The Morgan fingerprint density at radius 2 is 1.77 bits per heavy atom. The molecule has 0 bridgehead atoms. The Bertz CT molecular complexity index is 1240. The molecule has 0 aliphatic carbocycles. The number of para-hydroxylation sites is 1. The lowest BCUT2D eigenvalue weighted by Gasteiger charge is -2.18. The van der Waals surface area contributed by atoms with Crippen molar-refractivity contribution in [2.24, 2.45) is 0 Å². The first-order chi connectivity index (χ1) is 14.8. The van der Waals surface area contributed by atoms with Gasteiger partial charge in [0.25, 0.3) is 5.91 Å². The molecule has 158 valence electrons. The van der Waals surface area contributed by atoms with E-state index in [0.717, 1.165) is 5.56 Å². The van der Waals surface area contributed by atoms with E-state index < -0.39 is 11.7 Å². The van der Waals surface area contributed by atoms with Crippen molar-refractivity contribution in [2.75, 3.05) is 10.6 Å². The Kier molecular flexibility index (Phi) is 5.43. The highest BCUT2D eigenvalue weighted by atomic mass is 32.1. The van der Waals surface area contributed by atoms with Gasteiger partial charge in [-0.3, -0.25) is 10.1 Å². The molecule has 2 N–H and O–H groups in total. The monoisotopic (exact) mass is 435 g/mol. The minimum atomic E-state index is -0.582. The van der Waals surface area contributed by atoms with Gasteiger partial charge in [-0.15, -0.1) is 11.3 Å². The number of anilines is 2. The summed E-state index contributed by atoms with van der Waals surface area (Å²) >= 11 is 1.30. The topological polar surface area (TPSA) is 97.6 Å². The van der Waals surface area contributed by atoms with Crippen LogP contribution in [0.2, 0.25) is 0 Å². The van der Waals surface area contributed by atoms with Gasteiger partial charge < -0.3 is 14.5 Å². The second kappa shape index (κ2) is 8.19. The van der Waals surface area contributed by atoms with Gasteiger partial charge in [-0.2, -0.15) is 0 Å². The zero-order chi connectivity index (χ0) is 22.0. The molecule has 3 aromatic heterocycles. The molecular formula is C22H21N5O3S. The molecule has 0 aliphatic heterocycles. The summed E-state index contributed by atoms with van der Waals surface area (Å²) in [5.41, 5.74) is 2.60. The average Bonchev–Trinajstić information content (AvgIpc) is 3.33. The number of pyridine rings is 1. The number of thiazole rings is 1. The van der Waals surface area contributed by atoms with Crippen LogP contribution in [0.1, 0.15) is 31.3 Å². The van der Waals surface area contributed by atoms with Gasteiger partial charge in [0.2, 0.25) is 0 Å². The molecule has 1 aromatic carbocycles. The number of amides is 2. The van der Waals surface area contributed by atoms with Crippen LogP contribution in [0, 0.1) is 0 Å². The number of carbonyl (C=O) groups is 2. The summed E-state index contributed by atoms with van der Waals surface area (Å²) in [7, 11) is 0. The van der Waals surface area contributed by atoms with Crippen molar-refractivity contribution in [3.63, 3.8) is 0 Å². The van der Waals surface area contributed by atoms with Crippen molar-refractivity contribution in [3.05, 3.63) is 65.9 Å². The lowest BCUT2D eigenvalue weighted by Crippen LogP contribution is -2.27. The van der Waals surface area contributed by atoms with E-state index in [1.807, 2.05) is 54.0 Å². The molecule has 0 fully saturated rings. The smallest absolute Gasteiger partial charge is 0.413 e. The Labute approximate surface area is 182 Å². The summed E-state index contributed by atoms with van der Waals surface area (Å²) in [6.07, 6.45) is 2.96. The normalized spacial score (nSPS) is 11.3. The Balaban J connectivity index is 1.50. The molecule has 0 radical (unpaired) electrons. The molecule has 0 aliphatic rings. The Morgan fingerprint density at radius 1 is 1.00 bits per heavy atom. The van der Waals surface area contributed by atoms with Crippen molar-refractivity contribution >= 4 is 39.8 Å². The molecule has 4 rings (SSSR count). The zero-order valence-electron chi connectivity index (χ0n) is 17.2. The number of aromatic nitrogens is 3. The quantitative estimate of drug-likeness (QED) is 0.467. The predicted molar refractivity (Wildman–Crippen MR) is 121 cm³/mol. The fraction of sp³-hybridized carbons (Fsp3) is 0.182. The highest BCUT2D eigenvalue weighted by Gasteiger charge is 2.18. The average molecular weight is 436 g/mol. The van der Waals surface area contributed by atoms with E-state index in [0.29, 0.717) is 27.9 Å². The van der Waals surface area contributed by atoms with Crippen LogP contribution in [-0.4, -0.2) is 32.0 Å². The van der Waals surface area contributed by atoms with Crippen LogP contribution in [0.25, 0.3) is 16.9 Å². The standard InChI is InChI=1S/C22H21N5O3S/c1-22(2,3)30-21(29)26-20-25-17(13-31-20)14-9-10-18-24-16(12-27(18)11-14)19(28)23-15-7-5-4-6-8-15/h4-13H,1-3H3,(H,23,28)(H,25,26,29). The first kappa shape index (κ1) is 20.5. The summed E-state index contributed by atoms with van der Waals surface area (Å²) < 4.78 is 7.02. The van der Waals surface area contributed by atoms with Gasteiger partial charge in [0, 0.05) is 29.0 Å². The van der Waals surface area contributed by atoms with Gasteiger partial charge in [0.15, 0.2) is 5.13 Å². The van der Waals surface area contributed by atoms with E-state index in [-0.39, 0.29) is 5.91 Å².